The molecule has 1 aromatic carbocycles. The van der Waals surface area contributed by atoms with E-state index in [0.29, 0.717) is 16.9 Å². The summed E-state index contributed by atoms with van der Waals surface area (Å²) in [4.78, 5) is 26.8. The van der Waals surface area contributed by atoms with E-state index in [9.17, 15) is 14.9 Å². The maximum Gasteiger partial charge on any atom is 0.269 e. The van der Waals surface area contributed by atoms with Crippen molar-refractivity contribution in [2.75, 3.05) is 0 Å². The van der Waals surface area contributed by atoms with Gasteiger partial charge in [-0.05, 0) is 42.8 Å². The molecule has 0 aliphatic rings. The Kier molecular flexibility index (Phi) is 4.14. The number of hydrogen-bond acceptors (Lipinski definition) is 4. The summed E-state index contributed by atoms with van der Waals surface area (Å²) in [7, 11) is 0. The van der Waals surface area contributed by atoms with Crippen molar-refractivity contribution in [3.8, 4) is 0 Å². The third kappa shape index (κ3) is 3.04. The van der Waals surface area contributed by atoms with Crippen molar-refractivity contribution in [2.24, 2.45) is 0 Å². The van der Waals surface area contributed by atoms with Crippen molar-refractivity contribution in [1.82, 2.24) is 9.38 Å². The van der Waals surface area contributed by atoms with Crippen molar-refractivity contribution >= 4 is 34.0 Å². The summed E-state index contributed by atoms with van der Waals surface area (Å²) in [6, 6.07) is 12.7. The Morgan fingerprint density at radius 1 is 1.25 bits per heavy atom. The average Bonchev–Trinajstić information content (AvgIpc) is 2.55. The van der Waals surface area contributed by atoms with Crippen LogP contribution >= 0.6 is 11.6 Å². The van der Waals surface area contributed by atoms with Gasteiger partial charge in [0.2, 0.25) is 0 Å². The summed E-state index contributed by atoms with van der Waals surface area (Å²) >= 11 is 6.27. The Morgan fingerprint density at radius 2 is 1.96 bits per heavy atom. The molecule has 3 rings (SSSR count). The Hall–Kier alpha value is -2.99. The molecule has 2 aromatic heterocycles. The van der Waals surface area contributed by atoms with Gasteiger partial charge in [-0.1, -0.05) is 17.7 Å². The highest BCUT2D eigenvalue weighted by Gasteiger charge is 2.08. The van der Waals surface area contributed by atoms with Crippen LogP contribution in [0.25, 0.3) is 16.8 Å². The number of aryl methyl sites for hydroxylation is 1. The SMILES string of the molecule is Cc1cccc2nc(/C(Cl)=C/c3ccc([N+](=O)[O-])cc3)cc(=O)n12. The van der Waals surface area contributed by atoms with Crippen LogP contribution in [0.3, 0.4) is 0 Å². The minimum Gasteiger partial charge on any atom is -0.269 e. The predicted molar refractivity (Wildman–Crippen MR) is 93.0 cm³/mol. The van der Waals surface area contributed by atoms with E-state index in [1.807, 2.05) is 19.1 Å². The molecule has 0 fully saturated rings. The quantitative estimate of drug-likeness (QED) is 0.538. The van der Waals surface area contributed by atoms with Crippen molar-refractivity contribution < 1.29 is 4.92 Å². The van der Waals surface area contributed by atoms with E-state index in [1.54, 1.807) is 24.3 Å². The van der Waals surface area contributed by atoms with Crippen molar-refractivity contribution in [3.05, 3.63) is 86.0 Å². The van der Waals surface area contributed by atoms with Crippen molar-refractivity contribution in [2.45, 2.75) is 6.92 Å². The molecule has 0 atom stereocenters. The van der Waals surface area contributed by atoms with Gasteiger partial charge in [0.1, 0.15) is 5.65 Å². The Morgan fingerprint density at radius 3 is 2.62 bits per heavy atom. The number of fused-ring (bicyclic) bond motifs is 1. The summed E-state index contributed by atoms with van der Waals surface area (Å²) in [6.07, 6.45) is 1.61. The average molecular weight is 342 g/mol. The molecular formula is C17H12ClN3O3. The molecule has 0 bridgehead atoms. The van der Waals surface area contributed by atoms with Gasteiger partial charge in [-0.2, -0.15) is 0 Å². The van der Waals surface area contributed by atoms with Crippen LogP contribution in [-0.4, -0.2) is 14.3 Å². The van der Waals surface area contributed by atoms with E-state index in [4.69, 9.17) is 11.6 Å². The fraction of sp³-hybridized carbons (Fsp3) is 0.0588. The van der Waals surface area contributed by atoms with Crippen LogP contribution < -0.4 is 5.56 Å². The summed E-state index contributed by atoms with van der Waals surface area (Å²) < 4.78 is 1.50. The molecule has 3 aromatic rings. The van der Waals surface area contributed by atoms with Gasteiger partial charge in [0.15, 0.2) is 0 Å². The highest BCUT2D eigenvalue weighted by atomic mass is 35.5. The molecule has 0 saturated carbocycles. The molecule has 0 radical (unpaired) electrons. The molecule has 0 spiro atoms. The highest BCUT2D eigenvalue weighted by molar-refractivity contribution is 6.51. The molecule has 120 valence electrons. The zero-order valence-electron chi connectivity index (χ0n) is 12.6. The van der Waals surface area contributed by atoms with Gasteiger partial charge in [-0.3, -0.25) is 19.3 Å². The van der Waals surface area contributed by atoms with E-state index in [1.165, 1.54) is 22.6 Å². The first kappa shape index (κ1) is 15.9. The number of aromatic nitrogens is 2. The lowest BCUT2D eigenvalue weighted by atomic mass is 10.2. The number of halogens is 1. The van der Waals surface area contributed by atoms with Crippen molar-refractivity contribution in [3.63, 3.8) is 0 Å². The first-order valence-corrected chi connectivity index (χ1v) is 7.45. The summed E-state index contributed by atoms with van der Waals surface area (Å²) in [5.41, 5.74) is 2.10. The second kappa shape index (κ2) is 6.25. The van der Waals surface area contributed by atoms with E-state index in [-0.39, 0.29) is 16.3 Å². The number of non-ortho nitro benzene ring substituents is 1. The van der Waals surface area contributed by atoms with E-state index in [2.05, 4.69) is 4.98 Å². The predicted octanol–water partition coefficient (Wildman–Crippen LogP) is 3.65. The van der Waals surface area contributed by atoms with Gasteiger partial charge in [0.25, 0.3) is 11.2 Å². The van der Waals surface area contributed by atoms with Crippen LogP contribution in [0, 0.1) is 17.0 Å². The van der Waals surface area contributed by atoms with E-state index >= 15 is 0 Å². The fourth-order valence-electron chi connectivity index (χ4n) is 2.35. The Labute approximate surface area is 141 Å². The van der Waals surface area contributed by atoms with E-state index in [0.717, 1.165) is 5.69 Å². The topological polar surface area (TPSA) is 77.5 Å². The van der Waals surface area contributed by atoms with Gasteiger partial charge in [0.05, 0.1) is 15.6 Å². The summed E-state index contributed by atoms with van der Waals surface area (Å²) in [6.45, 7) is 1.82. The molecular weight excluding hydrogens is 330 g/mol. The zero-order chi connectivity index (χ0) is 17.3. The molecule has 0 amide bonds. The van der Waals surface area contributed by atoms with Crippen LogP contribution in [-0.2, 0) is 0 Å². The first-order chi connectivity index (χ1) is 11.5. The number of nitrogens with zero attached hydrogens (tertiary/aromatic N) is 3. The number of hydrogen-bond donors (Lipinski definition) is 0. The molecule has 0 aliphatic heterocycles. The Balaban J connectivity index is 2.03. The largest absolute Gasteiger partial charge is 0.269 e. The number of rotatable bonds is 3. The molecule has 0 unspecified atom stereocenters. The Bertz CT molecular complexity index is 1020. The van der Waals surface area contributed by atoms with Crippen molar-refractivity contribution in [1.29, 1.82) is 0 Å². The molecule has 6 nitrogen and oxygen atoms in total. The molecule has 0 saturated heterocycles. The number of nitro benzene ring substituents is 1. The maximum absolute atomic E-state index is 12.3. The molecule has 7 heteroatoms. The zero-order valence-corrected chi connectivity index (χ0v) is 13.4. The number of nitro groups is 1. The van der Waals surface area contributed by atoms with Gasteiger partial charge in [-0.25, -0.2) is 4.98 Å². The van der Waals surface area contributed by atoms with Gasteiger partial charge >= 0.3 is 0 Å². The fourth-order valence-corrected chi connectivity index (χ4v) is 2.57. The van der Waals surface area contributed by atoms with E-state index < -0.39 is 4.92 Å². The minimum absolute atomic E-state index is 0.000761. The minimum atomic E-state index is -0.469. The lowest BCUT2D eigenvalue weighted by Crippen LogP contribution is -2.16. The second-order valence-corrected chi connectivity index (χ2v) is 5.59. The lowest BCUT2D eigenvalue weighted by molar-refractivity contribution is -0.384. The molecule has 24 heavy (non-hydrogen) atoms. The number of benzene rings is 1. The van der Waals surface area contributed by atoms with Crippen LogP contribution in [0.5, 0.6) is 0 Å². The monoisotopic (exact) mass is 341 g/mol. The second-order valence-electron chi connectivity index (χ2n) is 5.18. The van der Waals surface area contributed by atoms with Gasteiger partial charge < -0.3 is 0 Å². The third-order valence-corrected chi connectivity index (χ3v) is 3.82. The highest BCUT2D eigenvalue weighted by Crippen LogP contribution is 2.21. The molecule has 0 N–H and O–H groups in total. The van der Waals surface area contributed by atoms with Crippen LogP contribution in [0.4, 0.5) is 5.69 Å². The van der Waals surface area contributed by atoms with Crippen LogP contribution in [0.15, 0.2) is 53.3 Å². The van der Waals surface area contributed by atoms with Crippen LogP contribution in [0.1, 0.15) is 17.0 Å². The molecule has 0 aliphatic carbocycles. The lowest BCUT2D eigenvalue weighted by Gasteiger charge is -2.06. The standard InChI is InChI=1S/C17H12ClN3O3/c1-11-3-2-4-16-19-15(10-17(22)20(11)16)14(18)9-12-5-7-13(8-6-12)21(23)24/h2-10H,1H3/b14-9-. The maximum atomic E-state index is 12.3. The van der Waals surface area contributed by atoms with Crippen LogP contribution in [0.2, 0.25) is 0 Å². The van der Waals surface area contributed by atoms with Gasteiger partial charge in [0, 0.05) is 23.9 Å². The summed E-state index contributed by atoms with van der Waals surface area (Å²) in [5, 5.41) is 10.9. The third-order valence-electron chi connectivity index (χ3n) is 3.52. The smallest absolute Gasteiger partial charge is 0.269 e. The first-order valence-electron chi connectivity index (χ1n) is 7.07. The molecule has 2 heterocycles. The van der Waals surface area contributed by atoms with Gasteiger partial charge in [-0.15, -0.1) is 0 Å². The normalized spacial score (nSPS) is 11.7. The summed E-state index contributed by atoms with van der Waals surface area (Å²) in [5.74, 6) is 0. The number of pyridine rings is 1.